The van der Waals surface area contributed by atoms with E-state index in [0.717, 1.165) is 25.0 Å². The van der Waals surface area contributed by atoms with Crippen molar-refractivity contribution in [3.63, 3.8) is 0 Å². The van der Waals surface area contributed by atoms with Crippen molar-refractivity contribution in [2.24, 2.45) is 0 Å². The number of ether oxygens (including phenoxy) is 4. The topological polar surface area (TPSA) is 94.6 Å². The van der Waals surface area contributed by atoms with Crippen molar-refractivity contribution in [3.8, 4) is 17.2 Å². The maximum absolute atomic E-state index is 13.4. The van der Waals surface area contributed by atoms with Gasteiger partial charge in [0.05, 0.1) is 12.6 Å². The molecule has 3 heterocycles. The first kappa shape index (κ1) is 23.2. The van der Waals surface area contributed by atoms with Crippen LogP contribution >= 0.6 is 0 Å². The van der Waals surface area contributed by atoms with Crippen LogP contribution in [0.15, 0.2) is 42.5 Å². The van der Waals surface area contributed by atoms with Gasteiger partial charge >= 0.3 is 0 Å². The van der Waals surface area contributed by atoms with Crippen LogP contribution in [0.25, 0.3) is 0 Å². The Morgan fingerprint density at radius 2 is 1.80 bits per heavy atom. The molecule has 2 fully saturated rings. The summed E-state index contributed by atoms with van der Waals surface area (Å²) in [5, 5.41) is 0. The zero-order valence-corrected chi connectivity index (χ0v) is 19.4. The summed E-state index contributed by atoms with van der Waals surface area (Å²) in [5.41, 5.74) is 1.49. The van der Waals surface area contributed by atoms with Gasteiger partial charge in [0.15, 0.2) is 11.5 Å². The van der Waals surface area contributed by atoms with Crippen LogP contribution in [0.3, 0.4) is 0 Å². The Kier molecular flexibility index (Phi) is 6.85. The van der Waals surface area contributed by atoms with Crippen molar-refractivity contribution in [3.05, 3.63) is 53.6 Å². The van der Waals surface area contributed by atoms with Crippen LogP contribution in [0.4, 0.5) is 0 Å². The van der Waals surface area contributed by atoms with Gasteiger partial charge in [-0.15, -0.1) is 0 Å². The highest BCUT2D eigenvalue weighted by Crippen LogP contribution is 2.33. The number of benzene rings is 2. The van der Waals surface area contributed by atoms with E-state index in [1.807, 2.05) is 24.3 Å². The van der Waals surface area contributed by atoms with E-state index in [9.17, 15) is 14.4 Å². The number of hydrogen-bond donors (Lipinski definition) is 0. The van der Waals surface area contributed by atoms with Crippen molar-refractivity contribution in [2.45, 2.75) is 38.3 Å². The van der Waals surface area contributed by atoms with Gasteiger partial charge < -0.3 is 23.8 Å². The molecule has 0 N–H and O–H groups in total. The fraction of sp³-hybridized carbons (Fsp3) is 0.423. The molecule has 0 aromatic heterocycles. The van der Waals surface area contributed by atoms with Gasteiger partial charge in [0.2, 0.25) is 18.6 Å². The molecule has 2 saturated heterocycles. The van der Waals surface area contributed by atoms with Crippen LogP contribution in [-0.4, -0.2) is 66.7 Å². The average Bonchev–Trinajstić information content (AvgIpc) is 3.62. The molecule has 184 valence electrons. The number of fused-ring (bicyclic) bond motifs is 1. The molecule has 9 heteroatoms. The second kappa shape index (κ2) is 10.4. The van der Waals surface area contributed by atoms with Crippen molar-refractivity contribution in [2.75, 3.05) is 33.1 Å². The number of carbonyl (C=O) groups is 3. The first-order valence-electron chi connectivity index (χ1n) is 11.9. The molecule has 35 heavy (non-hydrogen) atoms. The lowest BCUT2D eigenvalue weighted by Gasteiger charge is -2.26. The van der Waals surface area contributed by atoms with Crippen LogP contribution in [-0.2, 0) is 20.9 Å². The molecule has 3 amide bonds. The Hall–Kier alpha value is -3.59. The van der Waals surface area contributed by atoms with Crippen molar-refractivity contribution < 1.29 is 33.3 Å². The molecule has 9 nitrogen and oxygen atoms in total. The van der Waals surface area contributed by atoms with Crippen LogP contribution in [0.5, 0.6) is 17.2 Å². The summed E-state index contributed by atoms with van der Waals surface area (Å²) >= 11 is 0. The van der Waals surface area contributed by atoms with Crippen molar-refractivity contribution in [1.29, 1.82) is 0 Å². The normalized spacial score (nSPS) is 18.9. The zero-order chi connectivity index (χ0) is 24.2. The van der Waals surface area contributed by atoms with E-state index >= 15 is 0 Å². The van der Waals surface area contributed by atoms with Gasteiger partial charge in [0, 0.05) is 38.1 Å². The van der Waals surface area contributed by atoms with Gasteiger partial charge in [-0.2, -0.15) is 0 Å². The van der Waals surface area contributed by atoms with E-state index in [0.29, 0.717) is 35.9 Å². The zero-order valence-electron chi connectivity index (χ0n) is 19.4. The molecule has 2 aromatic carbocycles. The summed E-state index contributed by atoms with van der Waals surface area (Å²) in [6.45, 7) is 2.29. The molecular formula is C26H28N2O7. The van der Waals surface area contributed by atoms with Gasteiger partial charge in [0.1, 0.15) is 12.4 Å². The quantitative estimate of drug-likeness (QED) is 0.510. The molecule has 2 aromatic rings. The van der Waals surface area contributed by atoms with E-state index in [1.54, 1.807) is 23.1 Å². The number of carbonyl (C=O) groups excluding carboxylic acids is 3. The van der Waals surface area contributed by atoms with Crippen LogP contribution in [0.2, 0.25) is 0 Å². The third-order valence-electron chi connectivity index (χ3n) is 6.39. The number of likely N-dealkylation sites (tertiary alicyclic amines) is 1. The van der Waals surface area contributed by atoms with E-state index in [2.05, 4.69) is 0 Å². The minimum Gasteiger partial charge on any atom is -0.492 e. The smallest absolute Gasteiger partial charge is 0.254 e. The first-order chi connectivity index (χ1) is 17.1. The molecule has 3 aliphatic heterocycles. The molecule has 1 atom stereocenters. The lowest BCUT2D eigenvalue weighted by Crippen LogP contribution is -2.37. The Morgan fingerprint density at radius 3 is 2.54 bits per heavy atom. The monoisotopic (exact) mass is 480 g/mol. The van der Waals surface area contributed by atoms with E-state index in [4.69, 9.17) is 18.9 Å². The highest BCUT2D eigenvalue weighted by Gasteiger charge is 2.28. The van der Waals surface area contributed by atoms with Crippen molar-refractivity contribution >= 4 is 17.7 Å². The second-order valence-electron chi connectivity index (χ2n) is 8.82. The summed E-state index contributed by atoms with van der Waals surface area (Å²) in [4.78, 5) is 39.9. The summed E-state index contributed by atoms with van der Waals surface area (Å²) in [6.07, 6.45) is 2.51. The molecule has 3 aliphatic rings. The lowest BCUT2D eigenvalue weighted by atomic mass is 10.1. The molecule has 0 aliphatic carbocycles. The fourth-order valence-corrected chi connectivity index (χ4v) is 4.50. The van der Waals surface area contributed by atoms with E-state index in [-0.39, 0.29) is 56.6 Å². The Labute approximate surface area is 203 Å². The number of nitrogens with zero attached hydrogens (tertiary/aromatic N) is 2. The maximum Gasteiger partial charge on any atom is 0.254 e. The summed E-state index contributed by atoms with van der Waals surface area (Å²) < 4.78 is 22.3. The van der Waals surface area contributed by atoms with Crippen LogP contribution in [0, 0.1) is 0 Å². The molecule has 0 bridgehead atoms. The van der Waals surface area contributed by atoms with Gasteiger partial charge in [-0.1, -0.05) is 12.1 Å². The minimum absolute atomic E-state index is 0.0200. The molecule has 0 unspecified atom stereocenters. The van der Waals surface area contributed by atoms with Gasteiger partial charge in [0.25, 0.3) is 5.91 Å². The van der Waals surface area contributed by atoms with Gasteiger partial charge in [-0.05, 0) is 48.7 Å². The number of hydrogen-bond acceptors (Lipinski definition) is 7. The SMILES string of the molecule is O=C(c1ccc2c(c1)OCO2)N(Cc1ccc(OCCN2C(=O)CCC2=O)cc1)C[C@@H]1CCCO1. The highest BCUT2D eigenvalue weighted by molar-refractivity contribution is 6.01. The van der Waals surface area contributed by atoms with Gasteiger partial charge in [-0.25, -0.2) is 0 Å². The second-order valence-corrected chi connectivity index (χ2v) is 8.82. The minimum atomic E-state index is -0.146. The molecular weight excluding hydrogens is 452 g/mol. The number of imide groups is 1. The van der Waals surface area contributed by atoms with E-state index < -0.39 is 0 Å². The third kappa shape index (κ3) is 5.40. The maximum atomic E-state index is 13.4. The summed E-state index contributed by atoms with van der Waals surface area (Å²) in [5.74, 6) is 1.47. The standard InChI is InChI=1S/C26H28N2O7/c29-24-9-10-25(30)28(24)11-13-33-20-6-3-18(4-7-20)15-27(16-21-2-1-12-32-21)26(31)19-5-8-22-23(14-19)35-17-34-22/h3-8,14,21H,1-2,9-13,15-17H2/t21-/m0/s1. The highest BCUT2D eigenvalue weighted by atomic mass is 16.7. The summed E-state index contributed by atoms with van der Waals surface area (Å²) in [7, 11) is 0. The Balaban J connectivity index is 1.22. The predicted molar refractivity (Wildman–Crippen MR) is 124 cm³/mol. The predicted octanol–water partition coefficient (Wildman–Crippen LogP) is 2.76. The van der Waals surface area contributed by atoms with Crippen LogP contribution < -0.4 is 14.2 Å². The number of amides is 3. The fourth-order valence-electron chi connectivity index (χ4n) is 4.50. The largest absolute Gasteiger partial charge is 0.492 e. The third-order valence-corrected chi connectivity index (χ3v) is 6.39. The lowest BCUT2D eigenvalue weighted by molar-refractivity contribution is -0.138. The molecule has 0 radical (unpaired) electrons. The van der Waals surface area contributed by atoms with Gasteiger partial charge in [-0.3, -0.25) is 19.3 Å². The average molecular weight is 481 g/mol. The van der Waals surface area contributed by atoms with Crippen molar-refractivity contribution in [1.82, 2.24) is 9.80 Å². The Bertz CT molecular complexity index is 1080. The summed E-state index contributed by atoms with van der Waals surface area (Å²) in [6, 6.07) is 12.7. The molecule has 0 saturated carbocycles. The number of rotatable bonds is 9. The van der Waals surface area contributed by atoms with E-state index in [1.165, 1.54) is 4.90 Å². The first-order valence-corrected chi connectivity index (χ1v) is 11.9. The van der Waals surface area contributed by atoms with Crippen LogP contribution in [0.1, 0.15) is 41.6 Å². The molecule has 5 rings (SSSR count). The molecule has 0 spiro atoms. The Morgan fingerprint density at radius 1 is 1.03 bits per heavy atom.